The summed E-state index contributed by atoms with van der Waals surface area (Å²) in [5, 5.41) is 13.1. The van der Waals surface area contributed by atoms with Crippen LogP contribution in [0.5, 0.6) is 5.75 Å². The second-order valence-electron chi connectivity index (χ2n) is 6.01. The van der Waals surface area contributed by atoms with Gasteiger partial charge < -0.3 is 9.57 Å². The maximum absolute atomic E-state index is 9.11. The molecule has 0 unspecified atom stereocenters. The Hall–Kier alpha value is -1.64. The molecule has 3 aromatic carbocycles. The largest absolute Gasteiger partial charge is 0.487 e. The third-order valence-corrected chi connectivity index (χ3v) is 6.08. The van der Waals surface area contributed by atoms with Gasteiger partial charge in [-0.15, -0.1) is 0 Å². The van der Waals surface area contributed by atoms with Gasteiger partial charge in [-0.25, -0.2) is 0 Å². The first kappa shape index (κ1) is 22.1. The van der Waals surface area contributed by atoms with Gasteiger partial charge >= 0.3 is 0 Å². The summed E-state index contributed by atoms with van der Waals surface area (Å²) in [6.45, 7) is 0.761. The average Bonchev–Trinajstić information content (AvgIpc) is 2.72. The maximum Gasteiger partial charge on any atom is 0.146 e. The average molecular weight is 673 g/mol. The van der Waals surface area contributed by atoms with Gasteiger partial charge in [0.15, 0.2) is 0 Å². The monoisotopic (exact) mass is 672 g/mol. The Morgan fingerprint density at radius 2 is 1.69 bits per heavy atom. The lowest BCUT2D eigenvalue weighted by atomic mass is 10.1. The number of benzene rings is 3. The van der Waals surface area contributed by atoms with Gasteiger partial charge in [-0.1, -0.05) is 51.4 Å². The van der Waals surface area contributed by atoms with E-state index in [1.54, 1.807) is 12.3 Å². The zero-order valence-electron chi connectivity index (χ0n) is 15.1. The van der Waals surface area contributed by atoms with E-state index in [9.17, 15) is 0 Å². The molecule has 0 amide bonds. The van der Waals surface area contributed by atoms with Crippen molar-refractivity contribution in [3.63, 3.8) is 0 Å². The van der Waals surface area contributed by atoms with Crippen molar-refractivity contribution in [1.82, 2.24) is 0 Å². The molecule has 0 heterocycles. The van der Waals surface area contributed by atoms with Gasteiger partial charge in [0.05, 0.1) is 25.0 Å². The van der Waals surface area contributed by atoms with Crippen LogP contribution in [0.15, 0.2) is 70.3 Å². The first-order valence-corrected chi connectivity index (χ1v) is 11.5. The molecule has 0 N–H and O–H groups in total. The van der Waals surface area contributed by atoms with Crippen molar-refractivity contribution in [2.75, 3.05) is 0 Å². The minimum atomic E-state index is 0.253. The zero-order valence-corrected chi connectivity index (χ0v) is 21.0. The predicted octanol–water partition coefficient (Wildman–Crippen LogP) is 6.66. The van der Waals surface area contributed by atoms with Crippen molar-refractivity contribution in [1.29, 1.82) is 5.26 Å². The summed E-state index contributed by atoms with van der Waals surface area (Å²) in [6, 6.07) is 21.5. The van der Waals surface area contributed by atoms with Gasteiger partial charge in [0, 0.05) is 10.0 Å². The summed E-state index contributed by atoms with van der Waals surface area (Å²) in [5.74, 6) is 0.857. The molecule has 3 aromatic rings. The third-order valence-electron chi connectivity index (χ3n) is 3.95. The topological polar surface area (TPSA) is 54.6 Å². The van der Waals surface area contributed by atoms with E-state index < -0.39 is 0 Å². The van der Waals surface area contributed by atoms with E-state index in [-0.39, 0.29) is 6.61 Å². The zero-order chi connectivity index (χ0) is 20.6. The highest BCUT2D eigenvalue weighted by Crippen LogP contribution is 2.29. The molecule has 0 saturated heterocycles. The summed E-state index contributed by atoms with van der Waals surface area (Å²) in [7, 11) is 0. The fraction of sp³-hybridized carbons (Fsp3) is 0.0909. The second kappa shape index (κ2) is 10.9. The molecule has 0 fully saturated rings. The molecule has 0 aromatic heterocycles. The van der Waals surface area contributed by atoms with Crippen molar-refractivity contribution in [2.24, 2.45) is 5.16 Å². The summed E-state index contributed by atoms with van der Waals surface area (Å²) in [4.78, 5) is 5.37. The van der Waals surface area contributed by atoms with Crippen molar-refractivity contribution in [3.05, 3.63) is 94.5 Å². The molecule has 3 rings (SSSR count). The minimum absolute atomic E-state index is 0.253. The van der Waals surface area contributed by atoms with Crippen molar-refractivity contribution in [3.8, 4) is 11.8 Å². The molecule has 0 aliphatic carbocycles. The standard InChI is InChI=1S/C22H15BrI2N2O2/c23-19-7-5-15(6-8-19)13-28-22-20(24)9-16(10-21(22)25)12-27-29-14-18-4-2-1-3-17(18)11-26/h1-10,12H,13-14H2/b27-12-. The van der Waals surface area contributed by atoms with E-state index in [0.717, 1.165) is 34.1 Å². The van der Waals surface area contributed by atoms with E-state index in [2.05, 4.69) is 72.3 Å². The van der Waals surface area contributed by atoms with E-state index >= 15 is 0 Å². The number of ether oxygens (including phenoxy) is 1. The molecule has 0 saturated carbocycles. The second-order valence-corrected chi connectivity index (χ2v) is 9.25. The van der Waals surface area contributed by atoms with Crippen LogP contribution in [0.4, 0.5) is 0 Å². The molecule has 0 radical (unpaired) electrons. The predicted molar refractivity (Wildman–Crippen MR) is 134 cm³/mol. The van der Waals surface area contributed by atoms with Gasteiger partial charge in [0.2, 0.25) is 0 Å². The molecule has 7 heteroatoms. The van der Waals surface area contributed by atoms with Crippen LogP contribution in [0.1, 0.15) is 22.3 Å². The molecular weight excluding hydrogens is 658 g/mol. The van der Waals surface area contributed by atoms with E-state index in [1.807, 2.05) is 54.6 Å². The molecule has 0 aliphatic rings. The number of rotatable bonds is 7. The van der Waals surface area contributed by atoms with Crippen LogP contribution in [-0.4, -0.2) is 6.21 Å². The molecule has 29 heavy (non-hydrogen) atoms. The Kier molecular flexibility index (Phi) is 8.32. The van der Waals surface area contributed by atoms with Gasteiger partial charge in [-0.05, 0) is 86.6 Å². The van der Waals surface area contributed by atoms with Crippen LogP contribution in [0, 0.1) is 18.5 Å². The highest BCUT2D eigenvalue weighted by Gasteiger charge is 2.09. The van der Waals surface area contributed by atoms with Gasteiger partial charge in [0.1, 0.15) is 19.0 Å². The van der Waals surface area contributed by atoms with Gasteiger partial charge in [0.25, 0.3) is 0 Å². The van der Waals surface area contributed by atoms with Crippen molar-refractivity contribution >= 4 is 67.3 Å². The lowest BCUT2D eigenvalue weighted by Gasteiger charge is -2.11. The lowest BCUT2D eigenvalue weighted by Crippen LogP contribution is -2.00. The quantitative estimate of drug-likeness (QED) is 0.160. The molecule has 0 atom stereocenters. The first-order valence-electron chi connectivity index (χ1n) is 8.56. The van der Waals surface area contributed by atoms with Crippen LogP contribution in [0.2, 0.25) is 0 Å². The molecule has 146 valence electrons. The Bertz CT molecular complexity index is 1040. The van der Waals surface area contributed by atoms with E-state index in [0.29, 0.717) is 12.2 Å². The Labute approximate surface area is 205 Å². The van der Waals surface area contributed by atoms with Crippen LogP contribution >= 0.6 is 61.1 Å². The number of nitriles is 1. The van der Waals surface area contributed by atoms with Crippen molar-refractivity contribution in [2.45, 2.75) is 13.2 Å². The normalized spacial score (nSPS) is 10.7. The maximum atomic E-state index is 9.11. The van der Waals surface area contributed by atoms with Crippen LogP contribution in [-0.2, 0) is 18.1 Å². The lowest BCUT2D eigenvalue weighted by molar-refractivity contribution is 0.132. The molecule has 0 spiro atoms. The fourth-order valence-corrected chi connectivity index (χ4v) is 4.88. The molecule has 4 nitrogen and oxygen atoms in total. The van der Waals surface area contributed by atoms with Gasteiger partial charge in [-0.2, -0.15) is 5.26 Å². The summed E-state index contributed by atoms with van der Waals surface area (Å²) < 4.78 is 9.07. The molecule has 0 aliphatic heterocycles. The third kappa shape index (κ3) is 6.42. The minimum Gasteiger partial charge on any atom is -0.487 e. The molecule has 0 bridgehead atoms. The number of oxime groups is 1. The highest BCUT2D eigenvalue weighted by molar-refractivity contribution is 14.1. The van der Waals surface area contributed by atoms with Crippen LogP contribution in [0.3, 0.4) is 0 Å². The SMILES string of the molecule is N#Cc1ccccc1CO/N=C\c1cc(I)c(OCc2ccc(Br)cc2)c(I)c1. The summed E-state index contributed by atoms with van der Waals surface area (Å²) in [5.41, 5.74) is 3.44. The number of halogens is 3. The number of hydrogen-bond donors (Lipinski definition) is 0. The smallest absolute Gasteiger partial charge is 0.146 e. The van der Waals surface area contributed by atoms with Gasteiger partial charge in [-0.3, -0.25) is 0 Å². The van der Waals surface area contributed by atoms with Crippen LogP contribution < -0.4 is 4.74 Å². The fourth-order valence-electron chi connectivity index (χ4n) is 2.49. The van der Waals surface area contributed by atoms with E-state index in [1.165, 1.54) is 0 Å². The highest BCUT2D eigenvalue weighted by atomic mass is 127. The first-order chi connectivity index (χ1) is 14.1. The summed E-state index contributed by atoms with van der Waals surface area (Å²) >= 11 is 7.97. The molecular formula is C22H15BrI2N2O2. The van der Waals surface area contributed by atoms with E-state index in [4.69, 9.17) is 14.8 Å². The Morgan fingerprint density at radius 3 is 2.38 bits per heavy atom. The van der Waals surface area contributed by atoms with Crippen LogP contribution in [0.25, 0.3) is 0 Å². The summed E-state index contributed by atoms with van der Waals surface area (Å²) in [6.07, 6.45) is 1.66. The number of nitrogens with zero attached hydrogens (tertiary/aromatic N) is 2. The Balaban J connectivity index is 1.61. The Morgan fingerprint density at radius 1 is 1.00 bits per heavy atom. The number of hydrogen-bond acceptors (Lipinski definition) is 4. The van der Waals surface area contributed by atoms with Crippen molar-refractivity contribution < 1.29 is 9.57 Å².